The second-order valence-electron chi connectivity index (χ2n) is 12.6. The van der Waals surface area contributed by atoms with E-state index in [-0.39, 0.29) is 25.2 Å². The normalized spacial score (nSPS) is 46.8. The number of carbonyl (C=O) groups excluding carboxylic acids is 1. The van der Waals surface area contributed by atoms with Crippen LogP contribution in [0.5, 0.6) is 0 Å². The molecule has 4 fully saturated rings. The summed E-state index contributed by atoms with van der Waals surface area (Å²) in [5, 5.41) is 69.9. The van der Waals surface area contributed by atoms with Gasteiger partial charge in [0.2, 0.25) is 0 Å². The Labute approximate surface area is 260 Å². The predicted octanol–water partition coefficient (Wildman–Crippen LogP) is -8.11. The van der Waals surface area contributed by atoms with Gasteiger partial charge in [-0.1, -0.05) is 0 Å². The fourth-order valence-electron chi connectivity index (χ4n) is 6.53. The lowest BCUT2D eigenvalue weighted by Gasteiger charge is -2.51. The molecule has 4 aliphatic rings. The van der Waals surface area contributed by atoms with E-state index >= 15 is 0 Å². The Morgan fingerprint density at radius 1 is 1.00 bits per heavy atom. The molecule has 2 aliphatic carbocycles. The minimum absolute atomic E-state index is 0.00333. The third-order valence-electron chi connectivity index (χ3n) is 9.27. The molecule has 20 N–H and O–H groups in total. The van der Waals surface area contributed by atoms with Crippen molar-refractivity contribution in [2.75, 3.05) is 26.2 Å². The van der Waals surface area contributed by atoms with Crippen LogP contribution in [0.3, 0.4) is 0 Å². The number of hydrogen-bond donors (Lipinski definition) is 14. The zero-order valence-electron chi connectivity index (χ0n) is 25.0. The van der Waals surface area contributed by atoms with Gasteiger partial charge in [-0.15, -0.1) is 0 Å². The van der Waals surface area contributed by atoms with Crippen molar-refractivity contribution in [3.63, 3.8) is 0 Å². The average molecular weight is 650 g/mol. The summed E-state index contributed by atoms with van der Waals surface area (Å²) < 4.78 is 17.9. The van der Waals surface area contributed by atoms with Crippen molar-refractivity contribution in [3.05, 3.63) is 0 Å². The predicted molar refractivity (Wildman–Crippen MR) is 158 cm³/mol. The number of aliphatic imine (C=N–C) groups is 1. The maximum Gasteiger partial charge on any atom is 0.254 e. The molecule has 0 spiro atoms. The number of rotatable bonds is 12. The van der Waals surface area contributed by atoms with E-state index in [4.69, 9.17) is 48.6 Å². The van der Waals surface area contributed by atoms with Gasteiger partial charge in [0.25, 0.3) is 5.91 Å². The van der Waals surface area contributed by atoms with Crippen molar-refractivity contribution in [1.29, 1.82) is 0 Å². The second-order valence-corrected chi connectivity index (χ2v) is 12.6. The summed E-state index contributed by atoms with van der Waals surface area (Å²) in [5.74, 6) is -2.02. The third-order valence-corrected chi connectivity index (χ3v) is 9.27. The molecule has 19 heteroatoms. The van der Waals surface area contributed by atoms with Gasteiger partial charge in [0, 0.05) is 31.0 Å². The summed E-state index contributed by atoms with van der Waals surface area (Å²) in [6.07, 6.45) is -10.2. The lowest BCUT2D eigenvalue weighted by atomic mass is 9.72. The summed E-state index contributed by atoms with van der Waals surface area (Å²) in [7, 11) is 0. The molecule has 260 valence electrons. The number of guanidine groups is 1. The largest absolute Gasteiger partial charge is 0.394 e. The highest BCUT2D eigenvalue weighted by Gasteiger charge is 2.61. The van der Waals surface area contributed by atoms with Gasteiger partial charge in [0.15, 0.2) is 17.9 Å². The number of carbonyl (C=O) groups is 1. The third kappa shape index (κ3) is 7.84. The molecule has 0 bridgehead atoms. The van der Waals surface area contributed by atoms with E-state index in [9.17, 15) is 35.4 Å². The Morgan fingerprint density at radius 3 is 2.36 bits per heavy atom. The van der Waals surface area contributed by atoms with E-state index in [1.165, 1.54) is 0 Å². The molecule has 16 unspecified atom stereocenters. The van der Waals surface area contributed by atoms with Crippen molar-refractivity contribution < 1.29 is 49.6 Å². The zero-order valence-corrected chi connectivity index (χ0v) is 25.0. The summed E-state index contributed by atoms with van der Waals surface area (Å²) in [5.41, 5.74) is 33.4. The van der Waals surface area contributed by atoms with Gasteiger partial charge in [-0.2, -0.15) is 0 Å². The van der Waals surface area contributed by atoms with Gasteiger partial charge >= 0.3 is 0 Å². The summed E-state index contributed by atoms with van der Waals surface area (Å²) in [6.45, 7) is 0.747. The first-order valence-corrected chi connectivity index (χ1v) is 15.3. The van der Waals surface area contributed by atoms with Crippen LogP contribution in [0, 0.1) is 5.92 Å². The summed E-state index contributed by atoms with van der Waals surface area (Å²) in [6, 6.07) is -4.75. The SMILES string of the molecule is NCCCNCC1OC(C2C(N)CC(NC(=O)C3(O)CC3N=C(N)N)C(OC3OC(CO)C(O)C(N)C3O)C2O)C(N)CC1O. The number of amides is 1. The van der Waals surface area contributed by atoms with Crippen LogP contribution in [0.1, 0.15) is 25.7 Å². The Hall–Kier alpha value is -1.82. The van der Waals surface area contributed by atoms with Gasteiger partial charge < -0.3 is 89.9 Å². The van der Waals surface area contributed by atoms with Crippen LogP contribution in [0.4, 0.5) is 0 Å². The van der Waals surface area contributed by atoms with E-state index < -0.39 is 109 Å². The van der Waals surface area contributed by atoms with Gasteiger partial charge in [0.05, 0.1) is 49.1 Å². The molecule has 19 nitrogen and oxygen atoms in total. The average Bonchev–Trinajstić information content (AvgIpc) is 3.63. The van der Waals surface area contributed by atoms with Crippen LogP contribution in [0.15, 0.2) is 4.99 Å². The van der Waals surface area contributed by atoms with E-state index in [2.05, 4.69) is 15.6 Å². The minimum atomic E-state index is -1.91. The van der Waals surface area contributed by atoms with Crippen LogP contribution in [-0.4, -0.2) is 160 Å². The molecule has 16 atom stereocenters. The number of aliphatic hydroxyl groups is 6. The first-order valence-electron chi connectivity index (χ1n) is 15.3. The van der Waals surface area contributed by atoms with Gasteiger partial charge in [-0.25, -0.2) is 4.99 Å². The number of hydrogen-bond acceptors (Lipinski definition) is 16. The van der Waals surface area contributed by atoms with Crippen LogP contribution >= 0.6 is 0 Å². The van der Waals surface area contributed by atoms with Crippen LogP contribution < -0.4 is 45.0 Å². The maximum absolute atomic E-state index is 13.2. The molecule has 1 amide bonds. The fraction of sp³-hybridized carbons (Fsp3) is 0.923. The highest BCUT2D eigenvalue weighted by atomic mass is 16.7. The molecule has 45 heavy (non-hydrogen) atoms. The second kappa shape index (κ2) is 14.9. The maximum atomic E-state index is 13.2. The number of nitrogens with two attached hydrogens (primary N) is 6. The van der Waals surface area contributed by atoms with E-state index in [1.807, 2.05) is 0 Å². The molecule has 2 heterocycles. The van der Waals surface area contributed by atoms with Crippen molar-refractivity contribution in [1.82, 2.24) is 10.6 Å². The Morgan fingerprint density at radius 2 is 1.71 bits per heavy atom. The molecule has 0 aromatic heterocycles. The lowest BCUT2D eigenvalue weighted by Crippen LogP contribution is -2.70. The van der Waals surface area contributed by atoms with E-state index in [1.54, 1.807) is 0 Å². The van der Waals surface area contributed by atoms with Crippen molar-refractivity contribution >= 4 is 11.9 Å². The molecule has 4 rings (SSSR count). The van der Waals surface area contributed by atoms with Crippen LogP contribution in [0.25, 0.3) is 0 Å². The zero-order chi connectivity index (χ0) is 33.2. The number of nitrogens with zero attached hydrogens (tertiary/aromatic N) is 1. The van der Waals surface area contributed by atoms with Gasteiger partial charge in [0.1, 0.15) is 24.4 Å². The molecule has 2 saturated heterocycles. The first kappa shape index (κ1) is 36.0. The van der Waals surface area contributed by atoms with Crippen LogP contribution in [-0.2, 0) is 19.0 Å². The molecule has 0 aromatic rings. The van der Waals surface area contributed by atoms with Crippen molar-refractivity contribution in [3.8, 4) is 0 Å². The number of ether oxygens (including phenoxy) is 3. The van der Waals surface area contributed by atoms with Gasteiger partial charge in [-0.3, -0.25) is 4.79 Å². The Kier molecular flexibility index (Phi) is 12.0. The molecular weight excluding hydrogens is 598 g/mol. The topological polar surface area (TPSA) is 359 Å². The van der Waals surface area contributed by atoms with E-state index in [0.717, 1.165) is 6.42 Å². The van der Waals surface area contributed by atoms with Crippen molar-refractivity contribution in [2.45, 2.75) is 117 Å². The lowest BCUT2D eigenvalue weighted by molar-refractivity contribution is -0.306. The quantitative estimate of drug-likeness (QED) is 0.0530. The molecular formula is C26H51N9O10. The molecule has 2 aliphatic heterocycles. The minimum Gasteiger partial charge on any atom is -0.394 e. The summed E-state index contributed by atoms with van der Waals surface area (Å²) >= 11 is 0. The molecule has 2 saturated carbocycles. The van der Waals surface area contributed by atoms with E-state index in [0.29, 0.717) is 19.6 Å². The monoisotopic (exact) mass is 649 g/mol. The van der Waals surface area contributed by atoms with Gasteiger partial charge in [-0.05, 0) is 32.4 Å². The Balaban J connectivity index is 1.57. The standard InChI is InChI=1S/C26H51N9O10/c27-2-1-3-33-7-13-12(37)5-10(29)21(43-13)16-9(28)4-11(34-24(41)26(42)6-15(26)35-25(31)32)22(19(16)39)45-23-20(40)17(30)18(38)14(8-36)44-23/h9-23,33,36-40,42H,1-8,27-30H2,(H,34,41)(H4,31,32,35). The summed E-state index contributed by atoms with van der Waals surface area (Å²) in [4.78, 5) is 17.1. The highest BCUT2D eigenvalue weighted by molar-refractivity contribution is 5.90. The molecule has 0 aromatic carbocycles. The number of nitrogens with one attached hydrogen (secondary N) is 2. The highest BCUT2D eigenvalue weighted by Crippen LogP contribution is 2.41. The number of aliphatic hydroxyl groups excluding tert-OH is 5. The fourth-order valence-corrected chi connectivity index (χ4v) is 6.53. The Bertz CT molecular complexity index is 1030. The smallest absolute Gasteiger partial charge is 0.254 e. The first-order chi connectivity index (χ1) is 21.2. The van der Waals surface area contributed by atoms with Crippen LogP contribution in [0.2, 0.25) is 0 Å². The van der Waals surface area contributed by atoms with Crippen molar-refractivity contribution in [2.24, 2.45) is 45.3 Å². The molecule has 0 radical (unpaired) electrons.